The Morgan fingerprint density at radius 3 is 2.57 bits per heavy atom. The highest BCUT2D eigenvalue weighted by molar-refractivity contribution is 5.66. The molecule has 4 nitrogen and oxygen atoms in total. The first-order valence-electron chi connectivity index (χ1n) is 7.91. The fourth-order valence-electron chi connectivity index (χ4n) is 3.02. The Morgan fingerprint density at radius 1 is 1.38 bits per heavy atom. The molecule has 1 aliphatic heterocycles. The highest BCUT2D eigenvalue weighted by atomic mass is 16.4. The van der Waals surface area contributed by atoms with Gasteiger partial charge in [0.1, 0.15) is 0 Å². The Labute approximate surface area is 127 Å². The zero-order valence-electron chi connectivity index (χ0n) is 13.3. The van der Waals surface area contributed by atoms with Crippen molar-refractivity contribution in [2.75, 3.05) is 18.0 Å². The van der Waals surface area contributed by atoms with Crippen LogP contribution >= 0.6 is 0 Å². The average Bonchev–Trinajstić information content (AvgIpc) is 2.45. The summed E-state index contributed by atoms with van der Waals surface area (Å²) < 4.78 is 0. The van der Waals surface area contributed by atoms with Crippen LogP contribution in [-0.4, -0.2) is 29.1 Å². The first-order valence-corrected chi connectivity index (χ1v) is 7.91. The maximum atomic E-state index is 10.6. The average molecular weight is 290 g/mol. The molecule has 1 aromatic rings. The van der Waals surface area contributed by atoms with Crippen molar-refractivity contribution in [1.82, 2.24) is 4.98 Å². The lowest BCUT2D eigenvalue weighted by Gasteiger charge is -2.34. The summed E-state index contributed by atoms with van der Waals surface area (Å²) in [4.78, 5) is 17.7. The summed E-state index contributed by atoms with van der Waals surface area (Å²) in [6.45, 7) is 8.42. The third-order valence-electron chi connectivity index (χ3n) is 4.39. The number of rotatable bonds is 5. The maximum Gasteiger partial charge on any atom is 0.303 e. The molecule has 116 valence electrons. The standard InChI is InChI=1S/C17H26N2O2/c1-12(2)15-5-6-16(13(3)18-15)19-10-8-14(9-11-19)4-7-17(20)21/h5-6,12,14H,4,7-11H2,1-3H3,(H,20,21). The van der Waals surface area contributed by atoms with Crippen LogP contribution in [0.1, 0.15) is 56.8 Å². The van der Waals surface area contributed by atoms with E-state index in [0.29, 0.717) is 18.3 Å². The quantitative estimate of drug-likeness (QED) is 0.900. The number of aliphatic carboxylic acids is 1. The molecular formula is C17H26N2O2. The minimum Gasteiger partial charge on any atom is -0.481 e. The van der Waals surface area contributed by atoms with Gasteiger partial charge in [0.25, 0.3) is 0 Å². The normalized spacial score (nSPS) is 16.5. The fraction of sp³-hybridized carbons (Fsp3) is 0.647. The summed E-state index contributed by atoms with van der Waals surface area (Å²) in [6.07, 6.45) is 3.28. The van der Waals surface area contributed by atoms with Gasteiger partial charge in [0.2, 0.25) is 0 Å². The third-order valence-corrected chi connectivity index (χ3v) is 4.39. The predicted molar refractivity (Wildman–Crippen MR) is 84.9 cm³/mol. The SMILES string of the molecule is Cc1nc(C(C)C)ccc1N1CCC(CCC(=O)O)CC1. The summed E-state index contributed by atoms with van der Waals surface area (Å²) in [7, 11) is 0. The number of anilines is 1. The van der Waals surface area contributed by atoms with E-state index < -0.39 is 5.97 Å². The summed E-state index contributed by atoms with van der Waals surface area (Å²) >= 11 is 0. The van der Waals surface area contributed by atoms with Crippen molar-refractivity contribution in [1.29, 1.82) is 0 Å². The van der Waals surface area contributed by atoms with Crippen LogP contribution in [0.2, 0.25) is 0 Å². The minimum atomic E-state index is -0.679. The number of hydrogen-bond acceptors (Lipinski definition) is 3. The van der Waals surface area contributed by atoms with Gasteiger partial charge in [-0.2, -0.15) is 0 Å². The number of aryl methyl sites for hydroxylation is 1. The lowest BCUT2D eigenvalue weighted by atomic mass is 9.92. The van der Waals surface area contributed by atoms with E-state index in [9.17, 15) is 4.79 Å². The van der Waals surface area contributed by atoms with Crippen molar-refractivity contribution in [3.8, 4) is 0 Å². The van der Waals surface area contributed by atoms with Crippen molar-refractivity contribution < 1.29 is 9.90 Å². The van der Waals surface area contributed by atoms with Gasteiger partial charge >= 0.3 is 5.97 Å². The van der Waals surface area contributed by atoms with E-state index in [-0.39, 0.29) is 0 Å². The lowest BCUT2D eigenvalue weighted by Crippen LogP contribution is -2.34. The molecule has 0 radical (unpaired) electrons. The number of pyridine rings is 1. The second-order valence-corrected chi connectivity index (χ2v) is 6.36. The molecule has 0 amide bonds. The van der Waals surface area contributed by atoms with Crippen LogP contribution in [0.4, 0.5) is 5.69 Å². The molecule has 0 aliphatic carbocycles. The molecule has 0 spiro atoms. The van der Waals surface area contributed by atoms with Gasteiger partial charge in [-0.15, -0.1) is 0 Å². The summed E-state index contributed by atoms with van der Waals surface area (Å²) in [5.74, 6) is 0.335. The number of nitrogens with zero attached hydrogens (tertiary/aromatic N) is 2. The van der Waals surface area contributed by atoms with Crippen LogP contribution in [0.3, 0.4) is 0 Å². The van der Waals surface area contributed by atoms with E-state index in [1.807, 2.05) is 0 Å². The lowest BCUT2D eigenvalue weighted by molar-refractivity contribution is -0.137. The van der Waals surface area contributed by atoms with E-state index in [1.165, 1.54) is 5.69 Å². The molecule has 0 bridgehead atoms. The van der Waals surface area contributed by atoms with Gasteiger partial charge in [-0.25, -0.2) is 0 Å². The van der Waals surface area contributed by atoms with Crippen LogP contribution in [0.15, 0.2) is 12.1 Å². The van der Waals surface area contributed by atoms with Crippen molar-refractivity contribution in [3.05, 3.63) is 23.5 Å². The maximum absolute atomic E-state index is 10.6. The molecule has 0 unspecified atom stereocenters. The third kappa shape index (κ3) is 4.19. The second kappa shape index (κ2) is 6.92. The fourth-order valence-corrected chi connectivity index (χ4v) is 3.02. The molecule has 0 aromatic carbocycles. The second-order valence-electron chi connectivity index (χ2n) is 6.36. The number of carboxylic acids is 1. The molecular weight excluding hydrogens is 264 g/mol. The highest BCUT2D eigenvalue weighted by Gasteiger charge is 2.21. The van der Waals surface area contributed by atoms with Crippen LogP contribution in [0.5, 0.6) is 0 Å². The first kappa shape index (κ1) is 15.8. The number of carboxylic acid groups (broad SMARTS) is 1. The molecule has 0 atom stereocenters. The molecule has 1 aliphatic rings. The topological polar surface area (TPSA) is 53.4 Å². The number of hydrogen-bond donors (Lipinski definition) is 1. The molecule has 21 heavy (non-hydrogen) atoms. The van der Waals surface area contributed by atoms with Crippen molar-refractivity contribution >= 4 is 11.7 Å². The minimum absolute atomic E-state index is 0.300. The predicted octanol–water partition coefficient (Wildman–Crippen LogP) is 3.59. The summed E-state index contributed by atoms with van der Waals surface area (Å²) in [5, 5.41) is 8.76. The molecule has 1 aromatic heterocycles. The van der Waals surface area contributed by atoms with E-state index in [4.69, 9.17) is 10.1 Å². The Kier molecular flexibility index (Phi) is 5.21. The van der Waals surface area contributed by atoms with E-state index >= 15 is 0 Å². The van der Waals surface area contributed by atoms with Gasteiger partial charge in [0.05, 0.1) is 11.4 Å². The monoisotopic (exact) mass is 290 g/mol. The number of piperidine rings is 1. The van der Waals surface area contributed by atoms with E-state index in [0.717, 1.165) is 43.7 Å². The molecule has 1 saturated heterocycles. The van der Waals surface area contributed by atoms with E-state index in [1.54, 1.807) is 0 Å². The van der Waals surface area contributed by atoms with Gasteiger partial charge in [0, 0.05) is 25.2 Å². The molecule has 2 heterocycles. The van der Waals surface area contributed by atoms with E-state index in [2.05, 4.69) is 37.8 Å². The van der Waals surface area contributed by atoms with Crippen molar-refractivity contribution in [2.45, 2.75) is 52.4 Å². The zero-order valence-corrected chi connectivity index (χ0v) is 13.3. The molecule has 1 fully saturated rings. The Bertz CT molecular complexity index is 492. The molecule has 1 N–H and O–H groups in total. The number of aromatic nitrogens is 1. The van der Waals surface area contributed by atoms with Gasteiger partial charge < -0.3 is 10.0 Å². The van der Waals surface area contributed by atoms with Crippen LogP contribution in [-0.2, 0) is 4.79 Å². The summed E-state index contributed by atoms with van der Waals surface area (Å²) in [6, 6.07) is 4.32. The largest absolute Gasteiger partial charge is 0.481 e. The molecule has 2 rings (SSSR count). The van der Waals surface area contributed by atoms with Crippen LogP contribution in [0, 0.1) is 12.8 Å². The number of carbonyl (C=O) groups is 1. The first-order chi connectivity index (χ1) is 9.97. The Balaban J connectivity index is 1.94. The smallest absolute Gasteiger partial charge is 0.303 e. The molecule has 0 saturated carbocycles. The van der Waals surface area contributed by atoms with Gasteiger partial charge in [-0.3, -0.25) is 9.78 Å². The van der Waals surface area contributed by atoms with Crippen LogP contribution in [0.25, 0.3) is 0 Å². The Morgan fingerprint density at radius 2 is 2.05 bits per heavy atom. The summed E-state index contributed by atoms with van der Waals surface area (Å²) in [5.41, 5.74) is 3.48. The van der Waals surface area contributed by atoms with Gasteiger partial charge in [-0.05, 0) is 50.2 Å². The van der Waals surface area contributed by atoms with Gasteiger partial charge in [-0.1, -0.05) is 13.8 Å². The van der Waals surface area contributed by atoms with Crippen LogP contribution < -0.4 is 4.90 Å². The zero-order chi connectivity index (χ0) is 15.4. The van der Waals surface area contributed by atoms with Gasteiger partial charge in [0.15, 0.2) is 0 Å². The highest BCUT2D eigenvalue weighted by Crippen LogP contribution is 2.28. The van der Waals surface area contributed by atoms with Crippen molar-refractivity contribution in [3.63, 3.8) is 0 Å². The Hall–Kier alpha value is -1.58. The van der Waals surface area contributed by atoms with Crippen molar-refractivity contribution in [2.24, 2.45) is 5.92 Å². The molecule has 4 heteroatoms.